The lowest BCUT2D eigenvalue weighted by Gasteiger charge is -2.04. The van der Waals surface area contributed by atoms with Crippen LogP contribution in [0.15, 0.2) is 65.1 Å². The first-order chi connectivity index (χ1) is 10.6. The van der Waals surface area contributed by atoms with Crippen LogP contribution in [0.2, 0.25) is 5.02 Å². The van der Waals surface area contributed by atoms with Crippen LogP contribution in [0, 0.1) is 5.82 Å². The van der Waals surface area contributed by atoms with Crippen LogP contribution < -0.4 is 5.32 Å². The number of carbonyl (C=O) groups is 1. The summed E-state index contributed by atoms with van der Waals surface area (Å²) >= 11 is 6.09. The van der Waals surface area contributed by atoms with E-state index >= 15 is 0 Å². The second-order valence-electron chi connectivity index (χ2n) is 4.58. The minimum absolute atomic E-state index is 0.0816. The van der Waals surface area contributed by atoms with Crippen molar-refractivity contribution < 1.29 is 13.6 Å². The van der Waals surface area contributed by atoms with Crippen molar-refractivity contribution in [2.24, 2.45) is 0 Å². The van der Waals surface area contributed by atoms with E-state index in [1.54, 1.807) is 36.4 Å². The van der Waals surface area contributed by atoms with Gasteiger partial charge in [0.05, 0.1) is 10.7 Å². The molecule has 0 atom stereocenters. The number of para-hydroxylation sites is 1. The van der Waals surface area contributed by atoms with Crippen LogP contribution in [0.5, 0.6) is 0 Å². The molecule has 0 unspecified atom stereocenters. The first-order valence-corrected chi connectivity index (χ1v) is 6.93. The van der Waals surface area contributed by atoms with E-state index in [0.29, 0.717) is 16.3 Å². The second kappa shape index (κ2) is 6.03. The van der Waals surface area contributed by atoms with Crippen molar-refractivity contribution in [3.05, 3.63) is 77.3 Å². The van der Waals surface area contributed by atoms with E-state index in [4.69, 9.17) is 16.0 Å². The Labute approximate surface area is 131 Å². The zero-order chi connectivity index (χ0) is 15.5. The molecule has 1 N–H and O–H groups in total. The number of furan rings is 1. The summed E-state index contributed by atoms with van der Waals surface area (Å²) in [5.74, 6) is -0.473. The van der Waals surface area contributed by atoms with Gasteiger partial charge in [-0.25, -0.2) is 4.39 Å². The summed E-state index contributed by atoms with van der Waals surface area (Å²) in [6.07, 6.45) is 0. The first kappa shape index (κ1) is 14.4. The number of carbonyl (C=O) groups excluding carboxylic acids is 1. The van der Waals surface area contributed by atoms with E-state index in [2.05, 4.69) is 5.32 Å². The standard InChI is InChI=1S/C17H11ClFNO2/c18-12-6-2-1-5-11(12)15-9-10-16(22-15)17(21)20-14-8-4-3-7-13(14)19/h1-10H,(H,20,21). The monoisotopic (exact) mass is 315 g/mol. The largest absolute Gasteiger partial charge is 0.451 e. The predicted octanol–water partition coefficient (Wildman–Crippen LogP) is 4.99. The number of rotatable bonds is 3. The fraction of sp³-hybridized carbons (Fsp3) is 0. The maximum atomic E-state index is 13.5. The molecule has 0 saturated heterocycles. The van der Waals surface area contributed by atoms with Gasteiger partial charge in [0.2, 0.25) is 0 Å². The molecule has 110 valence electrons. The average Bonchev–Trinajstić information content (AvgIpc) is 3.00. The number of benzene rings is 2. The molecule has 2 aromatic carbocycles. The Balaban J connectivity index is 1.84. The molecule has 3 nitrogen and oxygen atoms in total. The van der Waals surface area contributed by atoms with Crippen LogP contribution in [-0.2, 0) is 0 Å². The number of nitrogens with one attached hydrogen (secondary N) is 1. The summed E-state index contributed by atoms with van der Waals surface area (Å²) in [6, 6.07) is 16.3. The zero-order valence-corrected chi connectivity index (χ0v) is 12.1. The molecule has 1 amide bonds. The lowest BCUT2D eigenvalue weighted by atomic mass is 10.2. The number of anilines is 1. The van der Waals surface area contributed by atoms with Gasteiger partial charge in [0.1, 0.15) is 11.6 Å². The highest BCUT2D eigenvalue weighted by atomic mass is 35.5. The van der Waals surface area contributed by atoms with Crippen molar-refractivity contribution in [2.45, 2.75) is 0 Å². The smallest absolute Gasteiger partial charge is 0.291 e. The lowest BCUT2D eigenvalue weighted by Crippen LogP contribution is -2.11. The Morgan fingerprint density at radius 2 is 1.73 bits per heavy atom. The molecule has 1 aromatic heterocycles. The van der Waals surface area contributed by atoms with E-state index in [0.717, 1.165) is 0 Å². The van der Waals surface area contributed by atoms with Gasteiger partial charge in [0.25, 0.3) is 5.91 Å². The molecular formula is C17H11ClFNO2. The highest BCUT2D eigenvalue weighted by Crippen LogP contribution is 2.29. The molecule has 0 aliphatic carbocycles. The Hall–Kier alpha value is -2.59. The summed E-state index contributed by atoms with van der Waals surface area (Å²) in [5.41, 5.74) is 0.789. The number of hydrogen-bond donors (Lipinski definition) is 1. The molecule has 3 aromatic rings. The van der Waals surface area contributed by atoms with Gasteiger partial charge in [-0.1, -0.05) is 35.9 Å². The third-order valence-corrected chi connectivity index (χ3v) is 3.42. The van der Waals surface area contributed by atoms with Crippen LogP contribution in [0.1, 0.15) is 10.6 Å². The molecule has 0 spiro atoms. The Morgan fingerprint density at radius 3 is 2.50 bits per heavy atom. The summed E-state index contributed by atoms with van der Waals surface area (Å²) < 4.78 is 19.0. The maximum Gasteiger partial charge on any atom is 0.291 e. The number of hydrogen-bond acceptors (Lipinski definition) is 2. The van der Waals surface area contributed by atoms with Crippen molar-refractivity contribution in [3.63, 3.8) is 0 Å². The molecule has 0 aliphatic heterocycles. The second-order valence-corrected chi connectivity index (χ2v) is 4.98. The highest BCUT2D eigenvalue weighted by molar-refractivity contribution is 6.33. The van der Waals surface area contributed by atoms with Crippen LogP contribution in [0.3, 0.4) is 0 Å². The first-order valence-electron chi connectivity index (χ1n) is 6.56. The lowest BCUT2D eigenvalue weighted by molar-refractivity contribution is 0.0997. The van der Waals surface area contributed by atoms with Crippen LogP contribution in [0.25, 0.3) is 11.3 Å². The number of halogens is 2. The SMILES string of the molecule is O=C(Nc1ccccc1F)c1ccc(-c2ccccc2Cl)o1. The summed E-state index contributed by atoms with van der Waals surface area (Å²) in [7, 11) is 0. The predicted molar refractivity (Wildman–Crippen MR) is 83.5 cm³/mol. The van der Waals surface area contributed by atoms with Crippen LogP contribution in [0.4, 0.5) is 10.1 Å². The minimum atomic E-state index is -0.525. The molecule has 5 heteroatoms. The fourth-order valence-corrected chi connectivity index (χ4v) is 2.24. The van der Waals surface area contributed by atoms with Crippen LogP contribution >= 0.6 is 11.6 Å². The average molecular weight is 316 g/mol. The summed E-state index contributed by atoms with van der Waals surface area (Å²) in [6.45, 7) is 0. The van der Waals surface area contributed by atoms with Gasteiger partial charge in [0.15, 0.2) is 5.76 Å². The van der Waals surface area contributed by atoms with Crippen molar-refractivity contribution in [1.82, 2.24) is 0 Å². The van der Waals surface area contributed by atoms with Gasteiger partial charge >= 0.3 is 0 Å². The molecular weight excluding hydrogens is 305 g/mol. The molecule has 0 radical (unpaired) electrons. The maximum absolute atomic E-state index is 13.5. The van der Waals surface area contributed by atoms with Crippen molar-refractivity contribution in [3.8, 4) is 11.3 Å². The van der Waals surface area contributed by atoms with E-state index < -0.39 is 11.7 Å². The Bertz CT molecular complexity index is 829. The van der Waals surface area contributed by atoms with E-state index in [9.17, 15) is 9.18 Å². The fourth-order valence-electron chi connectivity index (χ4n) is 2.01. The third kappa shape index (κ3) is 2.87. The zero-order valence-electron chi connectivity index (χ0n) is 11.3. The van der Waals surface area contributed by atoms with Gasteiger partial charge < -0.3 is 9.73 Å². The molecule has 0 bridgehead atoms. The number of amides is 1. The third-order valence-electron chi connectivity index (χ3n) is 3.09. The molecule has 0 fully saturated rings. The van der Waals surface area contributed by atoms with E-state index in [-0.39, 0.29) is 11.4 Å². The topological polar surface area (TPSA) is 42.2 Å². The highest BCUT2D eigenvalue weighted by Gasteiger charge is 2.15. The van der Waals surface area contributed by atoms with Crippen molar-refractivity contribution in [2.75, 3.05) is 5.32 Å². The normalized spacial score (nSPS) is 10.5. The van der Waals surface area contributed by atoms with Crippen molar-refractivity contribution in [1.29, 1.82) is 0 Å². The molecule has 1 heterocycles. The van der Waals surface area contributed by atoms with Gasteiger partial charge in [-0.3, -0.25) is 4.79 Å². The Kier molecular flexibility index (Phi) is 3.94. The van der Waals surface area contributed by atoms with Gasteiger partial charge in [-0.05, 0) is 36.4 Å². The minimum Gasteiger partial charge on any atom is -0.451 e. The van der Waals surface area contributed by atoms with Crippen molar-refractivity contribution >= 4 is 23.2 Å². The van der Waals surface area contributed by atoms with E-state index in [1.165, 1.54) is 18.2 Å². The summed E-state index contributed by atoms with van der Waals surface area (Å²) in [4.78, 5) is 12.1. The van der Waals surface area contributed by atoms with Gasteiger partial charge in [-0.2, -0.15) is 0 Å². The van der Waals surface area contributed by atoms with E-state index in [1.807, 2.05) is 6.07 Å². The quantitative estimate of drug-likeness (QED) is 0.739. The molecule has 3 rings (SSSR count). The van der Waals surface area contributed by atoms with Gasteiger partial charge in [-0.15, -0.1) is 0 Å². The summed E-state index contributed by atoms with van der Waals surface area (Å²) in [5, 5.41) is 2.99. The van der Waals surface area contributed by atoms with Crippen LogP contribution in [-0.4, -0.2) is 5.91 Å². The molecule has 22 heavy (non-hydrogen) atoms. The molecule has 0 aliphatic rings. The molecule has 0 saturated carbocycles. The van der Waals surface area contributed by atoms with Gasteiger partial charge in [0, 0.05) is 5.56 Å². The Morgan fingerprint density at radius 1 is 1.00 bits per heavy atom.